The monoisotopic (exact) mass is 699 g/mol. The highest BCUT2D eigenvalue weighted by atomic mass is 15.0. The van der Waals surface area contributed by atoms with E-state index in [-0.39, 0.29) is 0 Å². The maximum Gasteiger partial charge on any atom is 0.0998 e. The van der Waals surface area contributed by atoms with Crippen molar-refractivity contribution in [1.29, 1.82) is 10.5 Å². The van der Waals surface area contributed by atoms with Crippen LogP contribution in [0.1, 0.15) is 11.1 Å². The average Bonchev–Trinajstić information content (AvgIpc) is 3.88. The number of hydrogen-bond donors (Lipinski definition) is 0. The third-order valence-corrected chi connectivity index (χ3v) is 11.1. The molecule has 254 valence electrons. The van der Waals surface area contributed by atoms with Gasteiger partial charge in [-0.15, -0.1) is 0 Å². The molecule has 3 aromatic heterocycles. The number of nitrogens with zero attached hydrogens (tertiary/aromatic N) is 5. The van der Waals surface area contributed by atoms with E-state index in [1.54, 1.807) is 0 Å². The van der Waals surface area contributed by atoms with Gasteiger partial charge in [0.05, 0.1) is 62.1 Å². The van der Waals surface area contributed by atoms with Gasteiger partial charge in [0.15, 0.2) is 0 Å². The number of fused-ring (bicyclic) bond motifs is 9. The molecule has 0 spiro atoms. The summed E-state index contributed by atoms with van der Waals surface area (Å²) in [4.78, 5) is 0. The molecule has 0 unspecified atom stereocenters. The minimum absolute atomic E-state index is 0.615. The Kier molecular flexibility index (Phi) is 6.61. The molecule has 0 amide bonds. The molecular formula is C50H29N5. The van der Waals surface area contributed by atoms with Crippen LogP contribution in [0, 0.1) is 22.7 Å². The Hall–Kier alpha value is -7.86. The number of para-hydroxylation sites is 4. The van der Waals surface area contributed by atoms with Gasteiger partial charge in [0.25, 0.3) is 0 Å². The van der Waals surface area contributed by atoms with Crippen molar-refractivity contribution in [3.8, 4) is 40.3 Å². The molecule has 5 heteroatoms. The Morgan fingerprint density at radius 3 is 1.44 bits per heavy atom. The normalized spacial score (nSPS) is 11.6. The summed E-state index contributed by atoms with van der Waals surface area (Å²) < 4.78 is 6.91. The number of nitriles is 2. The minimum atomic E-state index is 0.615. The van der Waals surface area contributed by atoms with Crippen LogP contribution in [0.25, 0.3) is 93.6 Å². The standard InChI is InChI=1S/C50H29N5/c51-30-32-20-27-47-42(28-32)41-26-25-36(54-43-15-5-1-11-37(43)38-12-2-6-16-44(38)54)29-49(41)53(47)35-23-21-33(22-24-35)50-34(31-52)10-9-19-48(50)55-45-17-7-3-13-39(45)40-14-4-8-18-46(40)55/h1-29H. The molecule has 0 atom stereocenters. The van der Waals surface area contributed by atoms with Crippen molar-refractivity contribution in [2.45, 2.75) is 0 Å². The molecule has 0 aliphatic rings. The van der Waals surface area contributed by atoms with Crippen molar-refractivity contribution in [1.82, 2.24) is 13.7 Å². The fourth-order valence-electron chi connectivity index (χ4n) is 8.78. The molecule has 11 rings (SSSR count). The Labute approximate surface area is 316 Å². The Balaban J connectivity index is 1.13. The van der Waals surface area contributed by atoms with E-state index in [2.05, 4.69) is 171 Å². The zero-order chi connectivity index (χ0) is 36.6. The highest BCUT2D eigenvalue weighted by molar-refractivity contribution is 6.13. The largest absolute Gasteiger partial charge is 0.309 e. The Morgan fingerprint density at radius 1 is 0.345 bits per heavy atom. The van der Waals surface area contributed by atoms with Crippen molar-refractivity contribution in [3.05, 3.63) is 187 Å². The number of rotatable bonds is 4. The van der Waals surface area contributed by atoms with Gasteiger partial charge in [-0.1, -0.05) is 97.1 Å². The number of aromatic nitrogens is 3. The summed E-state index contributed by atoms with van der Waals surface area (Å²) in [5.41, 5.74) is 12.6. The molecule has 0 radical (unpaired) electrons. The fourth-order valence-corrected chi connectivity index (χ4v) is 8.78. The summed E-state index contributed by atoms with van der Waals surface area (Å²) in [5, 5.41) is 27.2. The second kappa shape index (κ2) is 11.8. The third kappa shape index (κ3) is 4.45. The molecule has 0 N–H and O–H groups in total. The quantitative estimate of drug-likeness (QED) is 0.184. The van der Waals surface area contributed by atoms with Crippen LogP contribution in [0.3, 0.4) is 0 Å². The maximum atomic E-state index is 10.5. The first-order valence-electron chi connectivity index (χ1n) is 18.3. The van der Waals surface area contributed by atoms with Gasteiger partial charge in [-0.3, -0.25) is 0 Å². The molecule has 0 aliphatic carbocycles. The Morgan fingerprint density at radius 2 is 0.855 bits per heavy atom. The van der Waals surface area contributed by atoms with Crippen LogP contribution < -0.4 is 0 Å². The van der Waals surface area contributed by atoms with Gasteiger partial charge in [-0.05, 0) is 84.4 Å². The highest BCUT2D eigenvalue weighted by Crippen LogP contribution is 2.40. The van der Waals surface area contributed by atoms with Gasteiger partial charge in [0, 0.05) is 49.3 Å². The molecule has 11 aromatic rings. The van der Waals surface area contributed by atoms with Crippen LogP contribution in [-0.2, 0) is 0 Å². The van der Waals surface area contributed by atoms with Gasteiger partial charge < -0.3 is 13.7 Å². The summed E-state index contributed by atoms with van der Waals surface area (Å²) in [6, 6.07) is 65.9. The summed E-state index contributed by atoms with van der Waals surface area (Å²) in [7, 11) is 0. The molecule has 5 nitrogen and oxygen atoms in total. The predicted molar refractivity (Wildman–Crippen MR) is 224 cm³/mol. The van der Waals surface area contributed by atoms with E-state index in [0.717, 1.165) is 72.1 Å². The first-order valence-corrected chi connectivity index (χ1v) is 18.3. The summed E-state index contributed by atoms with van der Waals surface area (Å²) >= 11 is 0. The maximum absolute atomic E-state index is 10.5. The average molecular weight is 700 g/mol. The lowest BCUT2D eigenvalue weighted by Crippen LogP contribution is -2.00. The first kappa shape index (κ1) is 30.7. The fraction of sp³-hybridized carbons (Fsp3) is 0. The van der Waals surface area contributed by atoms with Crippen molar-refractivity contribution >= 4 is 65.4 Å². The van der Waals surface area contributed by atoms with E-state index in [9.17, 15) is 10.5 Å². The highest BCUT2D eigenvalue weighted by Gasteiger charge is 2.20. The van der Waals surface area contributed by atoms with Crippen LogP contribution in [0.2, 0.25) is 0 Å². The third-order valence-electron chi connectivity index (χ3n) is 11.1. The molecule has 3 heterocycles. The number of hydrogen-bond acceptors (Lipinski definition) is 2. The van der Waals surface area contributed by atoms with E-state index < -0.39 is 0 Å². The number of benzene rings is 8. The smallest absolute Gasteiger partial charge is 0.0998 e. The van der Waals surface area contributed by atoms with Crippen molar-refractivity contribution in [2.75, 3.05) is 0 Å². The van der Waals surface area contributed by atoms with E-state index in [1.165, 1.54) is 21.5 Å². The summed E-state index contributed by atoms with van der Waals surface area (Å²) in [6.45, 7) is 0. The van der Waals surface area contributed by atoms with E-state index >= 15 is 0 Å². The van der Waals surface area contributed by atoms with Gasteiger partial charge >= 0.3 is 0 Å². The SMILES string of the molecule is N#Cc1ccc2c(c1)c1ccc(-n3c4ccccc4c4ccccc43)cc1n2-c1ccc(-c2c(C#N)cccc2-n2c3ccccc3c3ccccc32)cc1. The van der Waals surface area contributed by atoms with Crippen molar-refractivity contribution in [3.63, 3.8) is 0 Å². The zero-order valence-corrected chi connectivity index (χ0v) is 29.5. The molecule has 0 aliphatic heterocycles. The second-order valence-electron chi connectivity index (χ2n) is 14.0. The second-order valence-corrected chi connectivity index (χ2v) is 14.0. The van der Waals surface area contributed by atoms with Gasteiger partial charge in [-0.2, -0.15) is 10.5 Å². The molecular weight excluding hydrogens is 671 g/mol. The molecule has 0 bridgehead atoms. The lowest BCUT2D eigenvalue weighted by atomic mass is 9.97. The van der Waals surface area contributed by atoms with Crippen molar-refractivity contribution < 1.29 is 0 Å². The summed E-state index contributed by atoms with van der Waals surface area (Å²) in [6.07, 6.45) is 0. The predicted octanol–water partition coefficient (Wildman–Crippen LogP) is 12.4. The van der Waals surface area contributed by atoms with Gasteiger partial charge in [-0.25, -0.2) is 0 Å². The molecule has 0 saturated carbocycles. The minimum Gasteiger partial charge on any atom is -0.309 e. The van der Waals surface area contributed by atoms with E-state index in [4.69, 9.17) is 0 Å². The van der Waals surface area contributed by atoms with Crippen LogP contribution in [0.4, 0.5) is 0 Å². The lowest BCUT2D eigenvalue weighted by Gasteiger charge is -2.16. The topological polar surface area (TPSA) is 62.4 Å². The van der Waals surface area contributed by atoms with E-state index in [0.29, 0.717) is 11.1 Å². The first-order chi connectivity index (χ1) is 27.2. The van der Waals surface area contributed by atoms with Gasteiger partial charge in [0.1, 0.15) is 0 Å². The zero-order valence-electron chi connectivity index (χ0n) is 29.5. The molecule has 0 saturated heterocycles. The van der Waals surface area contributed by atoms with Gasteiger partial charge in [0.2, 0.25) is 0 Å². The molecule has 8 aromatic carbocycles. The summed E-state index contributed by atoms with van der Waals surface area (Å²) in [5.74, 6) is 0. The van der Waals surface area contributed by atoms with E-state index in [1.807, 2.05) is 30.3 Å². The Bertz CT molecular complexity index is 3350. The van der Waals surface area contributed by atoms with Crippen LogP contribution >= 0.6 is 0 Å². The molecule has 55 heavy (non-hydrogen) atoms. The van der Waals surface area contributed by atoms with Crippen LogP contribution in [-0.4, -0.2) is 13.7 Å². The van der Waals surface area contributed by atoms with Crippen molar-refractivity contribution in [2.24, 2.45) is 0 Å². The van der Waals surface area contributed by atoms with Crippen LogP contribution in [0.15, 0.2) is 176 Å². The van der Waals surface area contributed by atoms with Crippen LogP contribution in [0.5, 0.6) is 0 Å². The molecule has 0 fully saturated rings. The lowest BCUT2D eigenvalue weighted by molar-refractivity contribution is 1.15.